The van der Waals surface area contributed by atoms with E-state index in [9.17, 15) is 18.0 Å². The van der Waals surface area contributed by atoms with Gasteiger partial charge in [0.15, 0.2) is 17.3 Å². The lowest BCUT2D eigenvalue weighted by Gasteiger charge is -2.13. The molecule has 1 amide bonds. The molecule has 0 aliphatic rings. The van der Waals surface area contributed by atoms with E-state index in [1.165, 1.54) is 41.7 Å². The van der Waals surface area contributed by atoms with Gasteiger partial charge in [0.1, 0.15) is 12.7 Å². The number of anilines is 1. The van der Waals surface area contributed by atoms with Crippen LogP contribution in [0.25, 0.3) is 11.6 Å². The fourth-order valence-corrected chi connectivity index (χ4v) is 3.09. The van der Waals surface area contributed by atoms with Crippen LogP contribution in [0.3, 0.4) is 0 Å². The standard InChI is InChI=1S/C17H9Cl2F3N8O/c18-9-3-12(19)15(25-4-9)30-14(17(20,21)22)11(6-26-30)16(31)28-10-1-2-13(24-5-10)29-8-23-7-27-29/h1-8H,(H,28,31). The van der Waals surface area contributed by atoms with E-state index in [2.05, 4.69) is 30.5 Å². The van der Waals surface area contributed by atoms with E-state index in [0.29, 0.717) is 10.5 Å². The van der Waals surface area contributed by atoms with Gasteiger partial charge in [0.25, 0.3) is 5.91 Å². The van der Waals surface area contributed by atoms with E-state index in [1.807, 2.05) is 0 Å². The second-order valence-corrected chi connectivity index (χ2v) is 6.82. The molecule has 4 rings (SSSR count). The Bertz CT molecular complexity index is 1240. The number of halogens is 5. The first kappa shape index (κ1) is 20.8. The topological polar surface area (TPSA) is 103 Å². The van der Waals surface area contributed by atoms with Crippen molar-refractivity contribution < 1.29 is 18.0 Å². The normalized spacial score (nSPS) is 11.5. The second-order valence-electron chi connectivity index (χ2n) is 5.97. The van der Waals surface area contributed by atoms with Gasteiger partial charge in [0, 0.05) is 6.20 Å². The van der Waals surface area contributed by atoms with Gasteiger partial charge in [-0.25, -0.2) is 24.3 Å². The molecule has 158 valence electrons. The third-order valence-corrected chi connectivity index (χ3v) is 4.42. The van der Waals surface area contributed by atoms with Crippen LogP contribution in [-0.4, -0.2) is 40.4 Å². The summed E-state index contributed by atoms with van der Waals surface area (Å²) in [6, 6.07) is 4.18. The van der Waals surface area contributed by atoms with Crippen molar-refractivity contribution in [1.29, 1.82) is 0 Å². The van der Waals surface area contributed by atoms with Gasteiger partial charge in [-0.15, -0.1) is 0 Å². The Hall–Kier alpha value is -3.51. The maximum absolute atomic E-state index is 13.8. The minimum Gasteiger partial charge on any atom is -0.320 e. The van der Waals surface area contributed by atoms with Crippen LogP contribution in [0.5, 0.6) is 0 Å². The Morgan fingerprint density at radius 1 is 1.06 bits per heavy atom. The lowest BCUT2D eigenvalue weighted by atomic mass is 10.2. The number of hydrogen-bond donors (Lipinski definition) is 1. The molecular weight excluding hydrogens is 460 g/mol. The maximum atomic E-state index is 13.8. The average Bonchev–Trinajstić information content (AvgIpc) is 3.38. The summed E-state index contributed by atoms with van der Waals surface area (Å²) in [7, 11) is 0. The first-order valence-electron chi connectivity index (χ1n) is 8.33. The van der Waals surface area contributed by atoms with Crippen molar-refractivity contribution in [3.63, 3.8) is 0 Å². The van der Waals surface area contributed by atoms with Crippen LogP contribution >= 0.6 is 23.2 Å². The molecule has 4 aromatic rings. The quantitative estimate of drug-likeness (QED) is 0.488. The van der Waals surface area contributed by atoms with E-state index >= 15 is 0 Å². The molecule has 1 N–H and O–H groups in total. The number of amides is 1. The second kappa shape index (κ2) is 7.96. The molecule has 0 fully saturated rings. The number of aromatic nitrogens is 7. The molecule has 0 atom stereocenters. The van der Waals surface area contributed by atoms with Crippen molar-refractivity contribution in [2.75, 3.05) is 5.32 Å². The molecule has 14 heteroatoms. The predicted octanol–water partition coefficient (Wildman–Crippen LogP) is 3.82. The number of pyridine rings is 2. The third kappa shape index (κ3) is 4.20. The molecule has 0 aromatic carbocycles. The van der Waals surface area contributed by atoms with Gasteiger partial charge in [-0.1, -0.05) is 23.2 Å². The summed E-state index contributed by atoms with van der Waals surface area (Å²) in [6.07, 6.45) is 0.970. The largest absolute Gasteiger partial charge is 0.434 e. The lowest BCUT2D eigenvalue weighted by molar-refractivity contribution is -0.143. The van der Waals surface area contributed by atoms with Gasteiger partial charge >= 0.3 is 6.18 Å². The fraction of sp³-hybridized carbons (Fsp3) is 0.0588. The fourth-order valence-electron chi connectivity index (χ4n) is 2.63. The number of carbonyl (C=O) groups excluding carboxylic acids is 1. The van der Waals surface area contributed by atoms with Crippen LogP contribution < -0.4 is 5.32 Å². The Kier molecular flexibility index (Phi) is 5.33. The van der Waals surface area contributed by atoms with Crippen LogP contribution in [0.1, 0.15) is 16.1 Å². The van der Waals surface area contributed by atoms with Crippen LogP contribution in [0.2, 0.25) is 10.0 Å². The third-order valence-electron chi connectivity index (χ3n) is 3.93. The summed E-state index contributed by atoms with van der Waals surface area (Å²) in [5.41, 5.74) is -1.90. The minimum atomic E-state index is -4.93. The van der Waals surface area contributed by atoms with Crippen molar-refractivity contribution in [2.24, 2.45) is 0 Å². The number of alkyl halides is 3. The van der Waals surface area contributed by atoms with Crippen molar-refractivity contribution in [1.82, 2.24) is 34.5 Å². The summed E-state index contributed by atoms with van der Waals surface area (Å²) >= 11 is 11.7. The number of carbonyl (C=O) groups is 1. The van der Waals surface area contributed by atoms with E-state index in [4.69, 9.17) is 23.2 Å². The highest BCUT2D eigenvalue weighted by atomic mass is 35.5. The molecule has 0 radical (unpaired) electrons. The maximum Gasteiger partial charge on any atom is 0.434 e. The van der Waals surface area contributed by atoms with Crippen molar-refractivity contribution in [3.8, 4) is 11.6 Å². The number of nitrogens with zero attached hydrogens (tertiary/aromatic N) is 7. The van der Waals surface area contributed by atoms with Gasteiger partial charge in [-0.3, -0.25) is 4.79 Å². The number of hydrogen-bond acceptors (Lipinski definition) is 6. The molecule has 0 aliphatic heterocycles. The monoisotopic (exact) mass is 468 g/mol. The first-order chi connectivity index (χ1) is 14.7. The Balaban J connectivity index is 1.66. The summed E-state index contributed by atoms with van der Waals surface area (Å²) in [4.78, 5) is 24.2. The van der Waals surface area contributed by atoms with E-state index in [0.717, 1.165) is 12.4 Å². The van der Waals surface area contributed by atoms with Gasteiger partial charge < -0.3 is 5.32 Å². The Morgan fingerprint density at radius 2 is 1.87 bits per heavy atom. The molecule has 0 spiro atoms. The van der Waals surface area contributed by atoms with Crippen LogP contribution in [-0.2, 0) is 6.18 Å². The highest BCUT2D eigenvalue weighted by Crippen LogP contribution is 2.35. The SMILES string of the molecule is O=C(Nc1ccc(-n2cncn2)nc1)c1cnn(-c2ncc(Cl)cc2Cl)c1C(F)(F)F. The summed E-state index contributed by atoms with van der Waals surface area (Å²) in [5, 5.41) is 9.89. The molecule has 31 heavy (non-hydrogen) atoms. The molecule has 0 saturated heterocycles. The van der Waals surface area contributed by atoms with Crippen LogP contribution in [0, 0.1) is 0 Å². The van der Waals surface area contributed by atoms with Crippen molar-refractivity contribution in [3.05, 3.63) is 70.7 Å². The zero-order valence-corrected chi connectivity index (χ0v) is 16.6. The zero-order valence-electron chi connectivity index (χ0n) is 15.0. The molecule has 9 nitrogen and oxygen atoms in total. The average molecular weight is 469 g/mol. The van der Waals surface area contributed by atoms with Gasteiger partial charge in [-0.05, 0) is 18.2 Å². The Labute approximate surface area is 181 Å². The summed E-state index contributed by atoms with van der Waals surface area (Å²) in [6.45, 7) is 0. The van der Waals surface area contributed by atoms with Crippen LogP contribution in [0.15, 0.2) is 49.4 Å². The van der Waals surface area contributed by atoms with Gasteiger partial charge in [-0.2, -0.15) is 23.4 Å². The van der Waals surface area contributed by atoms with E-state index in [1.54, 1.807) is 0 Å². The highest BCUT2D eigenvalue weighted by molar-refractivity contribution is 6.35. The van der Waals surface area contributed by atoms with E-state index in [-0.39, 0.29) is 21.6 Å². The molecule has 0 unspecified atom stereocenters. The molecule has 0 bridgehead atoms. The van der Waals surface area contributed by atoms with Gasteiger partial charge in [0.2, 0.25) is 0 Å². The molecule has 0 saturated carbocycles. The van der Waals surface area contributed by atoms with Crippen molar-refractivity contribution >= 4 is 34.8 Å². The summed E-state index contributed by atoms with van der Waals surface area (Å²) in [5.74, 6) is -0.960. The summed E-state index contributed by atoms with van der Waals surface area (Å²) < 4.78 is 43.2. The van der Waals surface area contributed by atoms with Crippen molar-refractivity contribution in [2.45, 2.75) is 6.18 Å². The predicted molar refractivity (Wildman–Crippen MR) is 103 cm³/mol. The Morgan fingerprint density at radius 3 is 2.48 bits per heavy atom. The molecule has 4 aromatic heterocycles. The first-order valence-corrected chi connectivity index (χ1v) is 9.08. The molecule has 0 aliphatic carbocycles. The molecular formula is C17H9Cl2F3N8O. The molecule has 4 heterocycles. The zero-order chi connectivity index (χ0) is 22.2. The van der Waals surface area contributed by atoms with Gasteiger partial charge in [0.05, 0.1) is 33.7 Å². The smallest absolute Gasteiger partial charge is 0.320 e. The number of rotatable bonds is 4. The highest BCUT2D eigenvalue weighted by Gasteiger charge is 2.41. The lowest BCUT2D eigenvalue weighted by Crippen LogP contribution is -2.21. The van der Waals surface area contributed by atoms with E-state index < -0.39 is 23.3 Å². The minimum absolute atomic E-state index is 0.134. The number of nitrogens with one attached hydrogen (secondary N) is 1. The van der Waals surface area contributed by atoms with Crippen LogP contribution in [0.4, 0.5) is 18.9 Å².